The molecule has 5 aromatic rings. The van der Waals surface area contributed by atoms with E-state index in [2.05, 4.69) is 40.6 Å². The molecule has 4 nitrogen and oxygen atoms in total. The Hall–Kier alpha value is -3.63. The highest BCUT2D eigenvalue weighted by Gasteiger charge is 2.15. The van der Waals surface area contributed by atoms with Crippen LogP contribution in [0.1, 0.15) is 24.0 Å². The van der Waals surface area contributed by atoms with Crippen LogP contribution < -0.4 is 5.32 Å². The molecule has 0 aliphatic heterocycles. The molecule has 2 N–H and O–H groups in total. The number of H-pyrrole nitrogens is 1. The molecular weight excluding hydrogens is 442 g/mol. The van der Waals surface area contributed by atoms with E-state index in [0.29, 0.717) is 18.0 Å². The average Bonchev–Trinajstić information content (AvgIpc) is 3.22. The second-order valence-electron chi connectivity index (χ2n) is 8.50. The number of carbonyl (C=O) groups excluding carboxylic acids is 1. The molecule has 3 aromatic carbocycles. The number of fused-ring (bicyclic) bond motifs is 2. The van der Waals surface area contributed by atoms with Gasteiger partial charge in [0.05, 0.1) is 16.9 Å². The monoisotopic (exact) mass is 467 g/mol. The van der Waals surface area contributed by atoms with Gasteiger partial charge < -0.3 is 10.3 Å². The number of nitrogens with one attached hydrogen (secondary N) is 2. The number of nitrogens with zero attached hydrogens (tertiary/aromatic N) is 1. The maximum atomic E-state index is 12.4. The van der Waals surface area contributed by atoms with Gasteiger partial charge in [0.2, 0.25) is 5.91 Å². The third-order valence-corrected chi connectivity index (χ3v) is 6.37. The van der Waals surface area contributed by atoms with Gasteiger partial charge in [0, 0.05) is 34.3 Å². The molecule has 2 aromatic heterocycles. The molecule has 0 bridgehead atoms. The van der Waals surface area contributed by atoms with Crippen molar-refractivity contribution in [2.45, 2.75) is 25.7 Å². The normalized spacial score (nSPS) is 11.2. The predicted octanol–water partition coefficient (Wildman–Crippen LogP) is 6.72. The van der Waals surface area contributed by atoms with Crippen molar-refractivity contribution in [3.8, 4) is 11.4 Å². The first kappa shape index (κ1) is 22.2. The maximum Gasteiger partial charge on any atom is 0.220 e. The molecule has 34 heavy (non-hydrogen) atoms. The van der Waals surface area contributed by atoms with Crippen LogP contribution in [0.4, 0.5) is 0 Å². The van der Waals surface area contributed by atoms with Crippen LogP contribution in [-0.2, 0) is 17.6 Å². The van der Waals surface area contributed by atoms with Crippen LogP contribution in [0.25, 0.3) is 33.2 Å². The largest absolute Gasteiger partial charge is 0.356 e. The van der Waals surface area contributed by atoms with Gasteiger partial charge in [-0.05, 0) is 60.7 Å². The van der Waals surface area contributed by atoms with Gasteiger partial charge in [-0.3, -0.25) is 4.79 Å². The number of rotatable bonds is 8. The van der Waals surface area contributed by atoms with Crippen molar-refractivity contribution in [2.24, 2.45) is 0 Å². The molecule has 0 spiro atoms. The van der Waals surface area contributed by atoms with Crippen molar-refractivity contribution in [3.63, 3.8) is 0 Å². The highest BCUT2D eigenvalue weighted by Crippen LogP contribution is 2.33. The number of hydrogen-bond donors (Lipinski definition) is 2. The number of para-hydroxylation sites is 1. The van der Waals surface area contributed by atoms with Gasteiger partial charge in [-0.25, -0.2) is 4.98 Å². The number of pyridine rings is 1. The number of amides is 1. The first-order valence-corrected chi connectivity index (χ1v) is 12.0. The van der Waals surface area contributed by atoms with Crippen LogP contribution in [0.5, 0.6) is 0 Å². The number of aryl methyl sites for hydroxylation is 1. The minimum absolute atomic E-state index is 0.0826. The summed E-state index contributed by atoms with van der Waals surface area (Å²) in [6.45, 7) is 0.651. The second kappa shape index (κ2) is 10.1. The van der Waals surface area contributed by atoms with Crippen LogP contribution >= 0.6 is 11.6 Å². The van der Waals surface area contributed by atoms with E-state index in [4.69, 9.17) is 16.6 Å². The third kappa shape index (κ3) is 4.97. The minimum atomic E-state index is 0.0826. The average molecular weight is 468 g/mol. The summed E-state index contributed by atoms with van der Waals surface area (Å²) < 4.78 is 0. The molecule has 0 unspecified atom stereocenters. The summed E-state index contributed by atoms with van der Waals surface area (Å²) in [5.41, 5.74) is 6.25. The number of benzene rings is 3. The summed E-state index contributed by atoms with van der Waals surface area (Å²) in [7, 11) is 0. The highest BCUT2D eigenvalue weighted by atomic mass is 35.5. The molecule has 170 valence electrons. The molecule has 1 amide bonds. The molecule has 0 radical (unpaired) electrons. The Morgan fingerprint density at radius 1 is 0.912 bits per heavy atom. The zero-order chi connectivity index (χ0) is 23.3. The SMILES string of the molecule is O=C(CCCc1c(-c2ccc3ccccc3n2)[nH]c2ccc(Cl)cc12)NCCc1ccccc1. The maximum absolute atomic E-state index is 12.4. The molecule has 5 heteroatoms. The fourth-order valence-electron chi connectivity index (χ4n) is 4.41. The fraction of sp³-hybridized carbons (Fsp3) is 0.172. The lowest BCUT2D eigenvalue weighted by atomic mass is 10.0. The number of aromatic amines is 1. The molecule has 0 aliphatic carbocycles. The quantitative estimate of drug-likeness (QED) is 0.266. The van der Waals surface area contributed by atoms with Crippen LogP contribution in [-0.4, -0.2) is 22.4 Å². The standard InChI is InChI=1S/C29H26ClN3O/c30-22-14-16-26-24(19-22)23(10-6-12-28(34)31-18-17-20-7-2-1-3-8-20)29(33-26)27-15-13-21-9-4-5-11-25(21)32-27/h1-5,7-9,11,13-16,19,33H,6,10,12,17-18H2,(H,31,34). The van der Waals surface area contributed by atoms with Gasteiger partial charge >= 0.3 is 0 Å². The van der Waals surface area contributed by atoms with Gasteiger partial charge in [0.25, 0.3) is 0 Å². The number of carbonyl (C=O) groups is 1. The van der Waals surface area contributed by atoms with Crippen LogP contribution in [0, 0.1) is 0 Å². The van der Waals surface area contributed by atoms with Crippen molar-refractivity contribution < 1.29 is 4.79 Å². The van der Waals surface area contributed by atoms with Crippen molar-refractivity contribution in [3.05, 3.63) is 101 Å². The minimum Gasteiger partial charge on any atom is -0.356 e. The van der Waals surface area contributed by atoms with Gasteiger partial charge in [-0.1, -0.05) is 66.2 Å². The highest BCUT2D eigenvalue weighted by molar-refractivity contribution is 6.31. The van der Waals surface area contributed by atoms with Crippen molar-refractivity contribution >= 4 is 39.3 Å². The Kier molecular flexibility index (Phi) is 6.59. The number of hydrogen-bond acceptors (Lipinski definition) is 2. The van der Waals surface area contributed by atoms with Crippen molar-refractivity contribution in [1.82, 2.24) is 15.3 Å². The zero-order valence-electron chi connectivity index (χ0n) is 18.9. The number of halogens is 1. The van der Waals surface area contributed by atoms with E-state index in [1.165, 1.54) is 5.56 Å². The molecular formula is C29H26ClN3O. The van der Waals surface area contributed by atoms with E-state index in [1.807, 2.05) is 54.6 Å². The summed E-state index contributed by atoms with van der Waals surface area (Å²) in [4.78, 5) is 20.9. The second-order valence-corrected chi connectivity index (χ2v) is 8.93. The van der Waals surface area contributed by atoms with Crippen LogP contribution in [0.15, 0.2) is 84.9 Å². The van der Waals surface area contributed by atoms with Crippen molar-refractivity contribution in [2.75, 3.05) is 6.54 Å². The molecule has 0 atom stereocenters. The van der Waals surface area contributed by atoms with Gasteiger partial charge in [-0.2, -0.15) is 0 Å². The van der Waals surface area contributed by atoms with E-state index in [-0.39, 0.29) is 5.91 Å². The Balaban J connectivity index is 1.31. The van der Waals surface area contributed by atoms with Crippen LogP contribution in [0.3, 0.4) is 0 Å². The first-order chi connectivity index (χ1) is 16.7. The van der Waals surface area contributed by atoms with E-state index in [1.54, 1.807) is 0 Å². The summed E-state index contributed by atoms with van der Waals surface area (Å²) >= 11 is 6.32. The third-order valence-electron chi connectivity index (χ3n) is 6.13. The van der Waals surface area contributed by atoms with Gasteiger partial charge in [0.1, 0.15) is 0 Å². The lowest BCUT2D eigenvalue weighted by Crippen LogP contribution is -2.25. The summed E-state index contributed by atoms with van der Waals surface area (Å²) in [5.74, 6) is 0.0826. The van der Waals surface area contributed by atoms with E-state index in [0.717, 1.165) is 58.0 Å². The predicted molar refractivity (Wildman–Crippen MR) is 140 cm³/mol. The zero-order valence-corrected chi connectivity index (χ0v) is 19.6. The molecule has 2 heterocycles. The first-order valence-electron chi connectivity index (χ1n) is 11.6. The number of aromatic nitrogens is 2. The summed E-state index contributed by atoms with van der Waals surface area (Å²) in [6, 6.07) is 28.3. The fourth-order valence-corrected chi connectivity index (χ4v) is 4.58. The molecule has 5 rings (SSSR count). The molecule has 0 fully saturated rings. The Labute approximate surface area is 204 Å². The molecule has 0 aliphatic rings. The molecule has 0 saturated heterocycles. The van der Waals surface area contributed by atoms with Crippen LogP contribution in [0.2, 0.25) is 5.02 Å². The summed E-state index contributed by atoms with van der Waals surface area (Å²) in [6.07, 6.45) is 2.82. The Morgan fingerprint density at radius 2 is 1.74 bits per heavy atom. The lowest BCUT2D eigenvalue weighted by molar-refractivity contribution is -0.121. The van der Waals surface area contributed by atoms with E-state index >= 15 is 0 Å². The van der Waals surface area contributed by atoms with E-state index in [9.17, 15) is 4.79 Å². The van der Waals surface area contributed by atoms with Gasteiger partial charge in [0.15, 0.2) is 0 Å². The Morgan fingerprint density at radius 3 is 2.62 bits per heavy atom. The Bertz CT molecular complexity index is 1440. The van der Waals surface area contributed by atoms with E-state index < -0.39 is 0 Å². The van der Waals surface area contributed by atoms with Gasteiger partial charge in [-0.15, -0.1) is 0 Å². The topological polar surface area (TPSA) is 57.8 Å². The lowest BCUT2D eigenvalue weighted by Gasteiger charge is -2.08. The summed E-state index contributed by atoms with van der Waals surface area (Å²) in [5, 5.41) is 5.94. The molecule has 0 saturated carbocycles. The smallest absolute Gasteiger partial charge is 0.220 e. The van der Waals surface area contributed by atoms with Crippen molar-refractivity contribution in [1.29, 1.82) is 0 Å².